The van der Waals surface area contributed by atoms with Crippen molar-refractivity contribution in [1.29, 1.82) is 5.26 Å². The molecule has 4 heterocycles. The van der Waals surface area contributed by atoms with E-state index in [1.54, 1.807) is 25.5 Å². The van der Waals surface area contributed by atoms with Crippen LogP contribution in [0.3, 0.4) is 0 Å². The first-order valence-electron chi connectivity index (χ1n) is 16.6. The zero-order valence-corrected chi connectivity index (χ0v) is 28.0. The van der Waals surface area contributed by atoms with Crippen LogP contribution < -0.4 is 30.3 Å². The number of aromatic amines is 1. The Morgan fingerprint density at radius 2 is 1.89 bits per heavy atom. The Morgan fingerprint density at radius 1 is 1.13 bits per heavy atom. The molecule has 10 heteroatoms. The fourth-order valence-electron chi connectivity index (χ4n) is 6.12. The molecule has 250 valence electrons. The van der Waals surface area contributed by atoms with Crippen LogP contribution in [0.4, 0.5) is 10.1 Å². The average molecular weight is 643 g/mol. The van der Waals surface area contributed by atoms with Crippen LogP contribution in [0.25, 0.3) is 23.5 Å². The molecule has 2 atom stereocenters. The molecule has 3 fully saturated rings. The molecular weight excluding hydrogens is 595 g/mol. The van der Waals surface area contributed by atoms with E-state index in [1.807, 2.05) is 19.1 Å². The molecule has 0 aliphatic carbocycles. The van der Waals surface area contributed by atoms with Gasteiger partial charge in [0.25, 0.3) is 0 Å². The Hall–Kier alpha value is -4.17. The molecule has 6 rings (SSSR count). The number of anilines is 1. The number of methoxy groups -OCH3 is 1. The molecule has 47 heavy (non-hydrogen) atoms. The molecular formula is C37H47FN6O3. The second-order valence-electron chi connectivity index (χ2n) is 12.1. The van der Waals surface area contributed by atoms with Crippen molar-refractivity contribution in [3.05, 3.63) is 64.2 Å². The Bertz CT molecular complexity index is 1690. The van der Waals surface area contributed by atoms with Crippen molar-refractivity contribution in [3.63, 3.8) is 0 Å². The Morgan fingerprint density at radius 3 is 2.53 bits per heavy atom. The molecule has 0 amide bonds. The van der Waals surface area contributed by atoms with Crippen LogP contribution in [0.5, 0.6) is 11.5 Å². The number of benzene rings is 2. The Kier molecular flexibility index (Phi) is 11.7. The number of aromatic nitrogens is 1. The number of hydrogen-bond acceptors (Lipinski definition) is 8. The van der Waals surface area contributed by atoms with Gasteiger partial charge in [-0.05, 0) is 56.3 Å². The minimum absolute atomic E-state index is 0.248. The van der Waals surface area contributed by atoms with Gasteiger partial charge < -0.3 is 29.4 Å². The highest BCUT2D eigenvalue weighted by atomic mass is 19.1. The smallest absolute Gasteiger partial charge is 0.149 e. The largest absolute Gasteiger partial charge is 0.495 e. The van der Waals surface area contributed by atoms with E-state index in [0.29, 0.717) is 41.4 Å². The third-order valence-electron chi connectivity index (χ3n) is 8.70. The van der Waals surface area contributed by atoms with Gasteiger partial charge in [0.2, 0.25) is 0 Å². The van der Waals surface area contributed by atoms with E-state index < -0.39 is 12.3 Å². The number of nitriles is 1. The van der Waals surface area contributed by atoms with Gasteiger partial charge in [-0.25, -0.2) is 4.39 Å². The summed E-state index contributed by atoms with van der Waals surface area (Å²) in [5, 5.41) is 14.5. The van der Waals surface area contributed by atoms with Crippen LogP contribution in [0, 0.1) is 11.3 Å². The molecule has 0 radical (unpaired) electrons. The highest BCUT2D eigenvalue weighted by Gasteiger charge is 2.30. The number of hydrogen-bond donors (Lipinski definition) is 2. The first-order valence-corrected chi connectivity index (χ1v) is 16.6. The van der Waals surface area contributed by atoms with Gasteiger partial charge in [0, 0.05) is 66.3 Å². The number of alkyl halides is 1. The van der Waals surface area contributed by atoms with E-state index in [9.17, 15) is 9.65 Å². The molecule has 9 nitrogen and oxygen atoms in total. The summed E-state index contributed by atoms with van der Waals surface area (Å²) in [7, 11) is 1.71. The minimum Gasteiger partial charge on any atom is -0.495 e. The van der Waals surface area contributed by atoms with Crippen molar-refractivity contribution in [2.75, 3.05) is 64.5 Å². The lowest BCUT2D eigenvalue weighted by atomic mass is 10.0. The summed E-state index contributed by atoms with van der Waals surface area (Å²) in [4.78, 5) is 13.0. The zero-order valence-electron chi connectivity index (χ0n) is 28.0. The molecule has 3 aromatic rings. The summed E-state index contributed by atoms with van der Waals surface area (Å²) in [6, 6.07) is 16.4. The summed E-state index contributed by atoms with van der Waals surface area (Å²) in [6.07, 6.45) is 1.80. The fourth-order valence-corrected chi connectivity index (χ4v) is 6.12. The van der Waals surface area contributed by atoms with E-state index in [4.69, 9.17) is 14.2 Å². The highest BCUT2D eigenvalue weighted by molar-refractivity contribution is 5.76. The summed E-state index contributed by atoms with van der Waals surface area (Å²) in [5.41, 5.74) is 4.68. The molecule has 0 spiro atoms. The SMILES string of the molecule is C=c1[nH]c(-c2ccc(N3CCN(C4COC4)CC3)c(OC)c2)c/c1=C(/N=CC)c1ccc(O[C@H]2CCNC[C@H]2F)c(C#N)c1.CCC. The zero-order chi connectivity index (χ0) is 33.3. The second kappa shape index (κ2) is 16.1. The van der Waals surface area contributed by atoms with Crippen LogP contribution in [-0.2, 0) is 4.74 Å². The van der Waals surface area contributed by atoms with Gasteiger partial charge in [-0.3, -0.25) is 9.89 Å². The van der Waals surface area contributed by atoms with E-state index in [-0.39, 0.29) is 6.54 Å². The number of halogens is 1. The van der Waals surface area contributed by atoms with Crippen LogP contribution >= 0.6 is 0 Å². The van der Waals surface area contributed by atoms with Crippen molar-refractivity contribution in [3.8, 4) is 28.8 Å². The maximum atomic E-state index is 14.4. The summed E-state index contributed by atoms with van der Waals surface area (Å²) < 4.78 is 31.6. The van der Waals surface area contributed by atoms with Crippen molar-refractivity contribution < 1.29 is 18.6 Å². The predicted molar refractivity (Wildman–Crippen MR) is 187 cm³/mol. The number of rotatable bonds is 8. The van der Waals surface area contributed by atoms with Gasteiger partial charge >= 0.3 is 0 Å². The van der Waals surface area contributed by atoms with Crippen molar-refractivity contribution in [2.45, 2.75) is 51.9 Å². The molecule has 3 aliphatic heterocycles. The third kappa shape index (κ3) is 7.87. The van der Waals surface area contributed by atoms with Crippen LogP contribution in [0.15, 0.2) is 47.5 Å². The van der Waals surface area contributed by atoms with Crippen molar-refractivity contribution >= 4 is 24.2 Å². The van der Waals surface area contributed by atoms with E-state index >= 15 is 0 Å². The standard InChI is InChI=1S/C34H39FN6O3.C3H8/c1-4-38-34(24-6-8-31(25(15-24)18-36)44-32-9-10-37-19-28(32)35)27-17-29(39-22(27)2)23-5-7-30(33(16-23)42-3)41-13-11-40(12-14-41)26-20-43-21-26;1-3-2/h4-8,15-17,26,28,32,37,39H,2,9-14,19-21H2,1,3H3;3H2,1-2H3/b34-27-,38-4?;/t28-,32+;/m1./s1. The molecule has 3 aliphatic rings. The average Bonchev–Trinajstić information content (AvgIpc) is 3.45. The molecule has 1 aromatic heterocycles. The molecule has 0 saturated carbocycles. The maximum absolute atomic E-state index is 14.4. The quantitative estimate of drug-likeness (QED) is 0.355. The lowest BCUT2D eigenvalue weighted by Crippen LogP contribution is -2.56. The van der Waals surface area contributed by atoms with Gasteiger partial charge in [-0.2, -0.15) is 5.26 Å². The summed E-state index contributed by atoms with van der Waals surface area (Å²) >= 11 is 0. The number of nitrogens with zero attached hydrogens (tertiary/aromatic N) is 4. The number of ether oxygens (including phenoxy) is 3. The molecule has 2 aromatic carbocycles. The van der Waals surface area contributed by atoms with E-state index in [0.717, 1.165) is 72.9 Å². The van der Waals surface area contributed by atoms with Crippen LogP contribution in [0.1, 0.15) is 44.7 Å². The summed E-state index contributed by atoms with van der Waals surface area (Å²) in [6.45, 7) is 16.9. The Labute approximate surface area is 277 Å². The number of piperazine rings is 1. The van der Waals surface area contributed by atoms with Crippen molar-refractivity contribution in [1.82, 2.24) is 15.2 Å². The number of H-pyrrole nitrogens is 1. The molecule has 0 unspecified atom stereocenters. The Balaban J connectivity index is 0.00000139. The second-order valence-corrected chi connectivity index (χ2v) is 12.1. The lowest BCUT2D eigenvalue weighted by molar-refractivity contribution is -0.0660. The topological polar surface area (TPSA) is 98.1 Å². The number of nitrogens with one attached hydrogen (secondary N) is 2. The number of aliphatic imine (C=N–C) groups is 1. The van der Waals surface area contributed by atoms with Crippen LogP contribution in [0.2, 0.25) is 0 Å². The minimum atomic E-state index is -1.13. The van der Waals surface area contributed by atoms with E-state index in [2.05, 4.69) is 69.8 Å². The monoisotopic (exact) mass is 642 g/mol. The first-order chi connectivity index (χ1) is 22.9. The predicted octanol–water partition coefficient (Wildman–Crippen LogP) is 4.24. The normalized spacial score (nSPS) is 21.0. The highest BCUT2D eigenvalue weighted by Crippen LogP contribution is 2.34. The van der Waals surface area contributed by atoms with Gasteiger partial charge in [0.15, 0.2) is 0 Å². The van der Waals surface area contributed by atoms with E-state index in [1.165, 1.54) is 6.42 Å². The maximum Gasteiger partial charge on any atom is 0.149 e. The van der Waals surface area contributed by atoms with Gasteiger partial charge in [0.05, 0.1) is 43.3 Å². The number of piperidine rings is 1. The molecule has 3 saturated heterocycles. The first kappa shape index (κ1) is 34.2. The van der Waals surface area contributed by atoms with Gasteiger partial charge in [-0.15, -0.1) is 0 Å². The molecule has 2 N–H and O–H groups in total. The lowest BCUT2D eigenvalue weighted by Gasteiger charge is -2.43. The van der Waals surface area contributed by atoms with Crippen LogP contribution in [-0.4, -0.2) is 94.0 Å². The fraction of sp³-hybridized carbons (Fsp3) is 0.459. The van der Waals surface area contributed by atoms with Gasteiger partial charge in [0.1, 0.15) is 29.8 Å². The molecule has 0 bridgehead atoms. The summed E-state index contributed by atoms with van der Waals surface area (Å²) in [5.74, 6) is 1.19. The van der Waals surface area contributed by atoms with Crippen molar-refractivity contribution in [2.24, 2.45) is 4.99 Å². The third-order valence-corrected chi connectivity index (χ3v) is 8.70. The van der Waals surface area contributed by atoms with Gasteiger partial charge in [-0.1, -0.05) is 32.9 Å².